The number of nitrogens with two attached hydrogens (primary N) is 1. The smallest absolute Gasteiger partial charge is 0.348 e. The van der Waals surface area contributed by atoms with Crippen molar-refractivity contribution in [2.24, 2.45) is 0 Å². The molecule has 0 amide bonds. The zero-order valence-electron chi connectivity index (χ0n) is 20.2. The third-order valence-electron chi connectivity index (χ3n) is 6.18. The fourth-order valence-corrected chi connectivity index (χ4v) is 5.02. The summed E-state index contributed by atoms with van der Waals surface area (Å²) in [4.78, 5) is 8.81. The second-order valence-electron chi connectivity index (χ2n) is 8.55. The van der Waals surface area contributed by atoms with Gasteiger partial charge in [0.25, 0.3) is 8.03 Å². The number of pyridine rings is 2. The molecular formula is C26H28F2N3O4P. The van der Waals surface area contributed by atoms with Gasteiger partial charge < -0.3 is 20.1 Å². The lowest BCUT2D eigenvalue weighted by atomic mass is 9.99. The summed E-state index contributed by atoms with van der Waals surface area (Å²) >= 11 is 0. The molecule has 2 atom stereocenters. The minimum absolute atomic E-state index is 0.129. The molecule has 10 heteroatoms. The van der Waals surface area contributed by atoms with Crippen molar-refractivity contribution in [3.63, 3.8) is 0 Å². The van der Waals surface area contributed by atoms with Crippen LogP contribution in [0.15, 0.2) is 48.7 Å². The first kappa shape index (κ1) is 25.9. The van der Waals surface area contributed by atoms with E-state index >= 15 is 0 Å². The number of alkyl halides is 2. The molecule has 0 aliphatic heterocycles. The van der Waals surface area contributed by atoms with E-state index in [0.29, 0.717) is 16.4 Å². The number of aromatic nitrogens is 2. The molecule has 3 N–H and O–H groups in total. The van der Waals surface area contributed by atoms with E-state index in [0.717, 1.165) is 35.1 Å². The van der Waals surface area contributed by atoms with Gasteiger partial charge in [-0.15, -0.1) is 0 Å². The standard InChI is InChI=1S/C26H28F2N3O4P/c1-4-35-36(33)26(27,28)24(32)18-8-10-20-21-12-16(14-30-23(21)25(29)31-22(20)13-18)5-6-17-7-9-19(34-3)11-15(17)2/h7-14,24,32,36H,4-6H2,1-3H3,(H2,29,31). The summed E-state index contributed by atoms with van der Waals surface area (Å²) in [5, 5.41) is 11.7. The van der Waals surface area contributed by atoms with Crippen LogP contribution < -0.4 is 10.5 Å². The summed E-state index contributed by atoms with van der Waals surface area (Å²) in [5.41, 5.74) is 6.22. The van der Waals surface area contributed by atoms with E-state index in [9.17, 15) is 18.5 Å². The van der Waals surface area contributed by atoms with Crippen molar-refractivity contribution in [1.29, 1.82) is 0 Å². The van der Waals surface area contributed by atoms with Crippen LogP contribution in [0.25, 0.3) is 21.8 Å². The Morgan fingerprint density at radius 2 is 1.92 bits per heavy atom. The van der Waals surface area contributed by atoms with Crippen molar-refractivity contribution in [2.45, 2.75) is 38.5 Å². The van der Waals surface area contributed by atoms with Crippen molar-refractivity contribution in [2.75, 3.05) is 19.5 Å². The van der Waals surface area contributed by atoms with Crippen LogP contribution in [0.3, 0.4) is 0 Å². The minimum atomic E-state index is -3.93. The summed E-state index contributed by atoms with van der Waals surface area (Å²) in [6.45, 7) is 3.35. The fourth-order valence-electron chi connectivity index (χ4n) is 4.18. The summed E-state index contributed by atoms with van der Waals surface area (Å²) in [6, 6.07) is 12.2. The second-order valence-corrected chi connectivity index (χ2v) is 10.1. The van der Waals surface area contributed by atoms with Gasteiger partial charge in [0.2, 0.25) is 0 Å². The number of nitrogen functional groups attached to an aromatic ring is 1. The molecule has 2 unspecified atom stereocenters. The highest BCUT2D eigenvalue weighted by atomic mass is 31.1. The normalized spacial score (nSPS) is 13.7. The Bertz CT molecular complexity index is 1450. The average molecular weight is 515 g/mol. The van der Waals surface area contributed by atoms with Gasteiger partial charge in [0.05, 0.1) is 19.2 Å². The third kappa shape index (κ3) is 5.05. The average Bonchev–Trinajstić information content (AvgIpc) is 2.87. The number of halogens is 2. The number of aryl methyl sites for hydroxylation is 3. The number of aliphatic hydroxyl groups excluding tert-OH is 1. The molecule has 4 aromatic rings. The Labute approximate surface area is 208 Å². The Morgan fingerprint density at radius 3 is 2.61 bits per heavy atom. The molecule has 7 nitrogen and oxygen atoms in total. The van der Waals surface area contributed by atoms with E-state index < -0.39 is 19.8 Å². The number of methoxy groups -OCH3 is 1. The van der Waals surface area contributed by atoms with Crippen molar-refractivity contribution < 1.29 is 27.7 Å². The second kappa shape index (κ2) is 10.5. The molecule has 0 saturated heterocycles. The van der Waals surface area contributed by atoms with Gasteiger partial charge >= 0.3 is 5.66 Å². The molecule has 36 heavy (non-hydrogen) atoms. The van der Waals surface area contributed by atoms with E-state index in [1.807, 2.05) is 31.2 Å². The van der Waals surface area contributed by atoms with Crippen molar-refractivity contribution in [1.82, 2.24) is 9.97 Å². The third-order valence-corrected chi connectivity index (χ3v) is 7.55. The number of benzene rings is 2. The van der Waals surface area contributed by atoms with Crippen LogP contribution in [0.4, 0.5) is 14.6 Å². The van der Waals surface area contributed by atoms with Crippen LogP contribution in [0, 0.1) is 6.92 Å². The molecule has 4 rings (SSSR count). The van der Waals surface area contributed by atoms with Gasteiger partial charge in [-0.3, -0.25) is 9.55 Å². The van der Waals surface area contributed by atoms with Crippen LogP contribution >= 0.6 is 8.03 Å². The van der Waals surface area contributed by atoms with E-state index in [1.54, 1.807) is 19.4 Å². The number of nitrogens with zero attached hydrogens (tertiary/aromatic N) is 2. The molecule has 2 heterocycles. The SMILES string of the molecule is CCO[PH](=O)C(F)(F)C(O)c1ccc2c(c1)nc(N)c1ncc(CCc3ccc(OC)cc3C)cc12. The van der Waals surface area contributed by atoms with Crippen molar-refractivity contribution in [3.8, 4) is 5.75 Å². The predicted octanol–water partition coefficient (Wildman–Crippen LogP) is 5.60. The first-order valence-electron chi connectivity index (χ1n) is 11.5. The van der Waals surface area contributed by atoms with Gasteiger partial charge in [0.15, 0.2) is 11.9 Å². The van der Waals surface area contributed by atoms with Crippen molar-refractivity contribution >= 4 is 35.7 Å². The van der Waals surface area contributed by atoms with Crippen molar-refractivity contribution in [3.05, 3.63) is 70.9 Å². The summed E-state index contributed by atoms with van der Waals surface area (Å²) in [7, 11) is -2.16. The maximum absolute atomic E-state index is 14.5. The van der Waals surface area contributed by atoms with Crippen LogP contribution in [0.1, 0.15) is 35.3 Å². The number of anilines is 1. The number of hydrogen-bond acceptors (Lipinski definition) is 7. The molecule has 0 aliphatic carbocycles. The molecule has 0 spiro atoms. The summed E-state index contributed by atoms with van der Waals surface area (Å²) < 4.78 is 50.6. The fraction of sp³-hybridized carbons (Fsp3) is 0.308. The molecule has 0 saturated carbocycles. The molecule has 2 aromatic carbocycles. The minimum Gasteiger partial charge on any atom is -0.497 e. The largest absolute Gasteiger partial charge is 0.497 e. The number of fused-ring (bicyclic) bond motifs is 3. The molecule has 0 radical (unpaired) electrons. The maximum atomic E-state index is 14.5. The molecule has 0 aliphatic rings. The molecule has 0 fully saturated rings. The van der Waals surface area contributed by atoms with Gasteiger partial charge in [-0.1, -0.05) is 18.2 Å². The molecule has 190 valence electrons. The van der Waals surface area contributed by atoms with Gasteiger partial charge in [0.1, 0.15) is 11.3 Å². The number of hydrogen-bond donors (Lipinski definition) is 2. The quantitative estimate of drug-likeness (QED) is 0.221. The molecule has 2 aromatic heterocycles. The lowest BCUT2D eigenvalue weighted by molar-refractivity contribution is -0.0504. The van der Waals surface area contributed by atoms with E-state index in [1.165, 1.54) is 24.6 Å². The number of aliphatic hydroxyl groups is 1. The summed E-state index contributed by atoms with van der Waals surface area (Å²) in [6.07, 6.45) is 0.978. The Balaban J connectivity index is 1.67. The molecule has 0 bridgehead atoms. The predicted molar refractivity (Wildman–Crippen MR) is 137 cm³/mol. The van der Waals surface area contributed by atoms with E-state index in [-0.39, 0.29) is 18.0 Å². The number of ether oxygens (including phenoxy) is 1. The monoisotopic (exact) mass is 515 g/mol. The van der Waals surface area contributed by atoms with Crippen LogP contribution in [-0.4, -0.2) is 34.5 Å². The van der Waals surface area contributed by atoms with Crippen LogP contribution in [0.5, 0.6) is 5.75 Å². The highest BCUT2D eigenvalue weighted by molar-refractivity contribution is 7.40. The number of rotatable bonds is 9. The topological polar surface area (TPSA) is 108 Å². The zero-order valence-corrected chi connectivity index (χ0v) is 21.2. The van der Waals surface area contributed by atoms with Crippen LogP contribution in [-0.2, 0) is 21.9 Å². The lowest BCUT2D eigenvalue weighted by Crippen LogP contribution is -2.22. The van der Waals surface area contributed by atoms with Gasteiger partial charge in [-0.2, -0.15) is 8.78 Å². The van der Waals surface area contributed by atoms with E-state index in [2.05, 4.69) is 14.5 Å². The highest BCUT2D eigenvalue weighted by Crippen LogP contribution is 2.51. The Hall–Kier alpha value is -3.13. The maximum Gasteiger partial charge on any atom is 0.348 e. The Kier molecular flexibility index (Phi) is 7.54. The lowest BCUT2D eigenvalue weighted by Gasteiger charge is -2.22. The highest BCUT2D eigenvalue weighted by Gasteiger charge is 2.46. The van der Waals surface area contributed by atoms with Gasteiger partial charge in [-0.05, 0) is 73.2 Å². The van der Waals surface area contributed by atoms with Gasteiger partial charge in [-0.25, -0.2) is 4.98 Å². The zero-order chi connectivity index (χ0) is 26.0. The first-order chi connectivity index (χ1) is 17.1. The molecular weight excluding hydrogens is 487 g/mol. The van der Waals surface area contributed by atoms with E-state index in [4.69, 9.17) is 10.5 Å². The summed E-state index contributed by atoms with van der Waals surface area (Å²) in [5.74, 6) is 0.960. The Morgan fingerprint density at radius 1 is 1.14 bits per heavy atom. The van der Waals surface area contributed by atoms with Gasteiger partial charge in [0, 0.05) is 17.0 Å². The first-order valence-corrected chi connectivity index (χ1v) is 12.8. The van der Waals surface area contributed by atoms with Crippen LogP contribution in [0.2, 0.25) is 0 Å².